The van der Waals surface area contributed by atoms with Crippen LogP contribution in [-0.4, -0.2) is 31.4 Å². The Morgan fingerprint density at radius 3 is 2.67 bits per heavy atom. The van der Waals surface area contributed by atoms with E-state index in [0.717, 1.165) is 27.5 Å². The van der Waals surface area contributed by atoms with Gasteiger partial charge in [0.25, 0.3) is 0 Å². The van der Waals surface area contributed by atoms with Crippen LogP contribution >= 0.6 is 23.1 Å². The number of carbonyl (C=O) groups is 1. The van der Waals surface area contributed by atoms with Gasteiger partial charge in [0.1, 0.15) is 0 Å². The smallest absolute Gasteiger partial charge is 0.230 e. The Kier molecular flexibility index (Phi) is 6.25. The molecular formula is C22H21N5OS2. The Morgan fingerprint density at radius 2 is 1.93 bits per heavy atom. The molecule has 0 bridgehead atoms. The lowest BCUT2D eigenvalue weighted by Gasteiger charge is -2.14. The number of thioether (sulfide) groups is 1. The van der Waals surface area contributed by atoms with Gasteiger partial charge in [-0.25, -0.2) is 0 Å². The molecule has 0 spiro atoms. The van der Waals surface area contributed by atoms with Crippen LogP contribution < -0.4 is 5.32 Å². The summed E-state index contributed by atoms with van der Waals surface area (Å²) in [4.78, 5) is 17.7. The quantitative estimate of drug-likeness (QED) is 0.427. The van der Waals surface area contributed by atoms with E-state index in [1.54, 1.807) is 23.7 Å². The van der Waals surface area contributed by atoms with E-state index in [2.05, 4.69) is 33.5 Å². The van der Waals surface area contributed by atoms with Crippen LogP contribution in [0, 0.1) is 6.92 Å². The van der Waals surface area contributed by atoms with Crippen LogP contribution in [-0.2, 0) is 4.79 Å². The van der Waals surface area contributed by atoms with Crippen molar-refractivity contribution in [1.82, 2.24) is 25.1 Å². The van der Waals surface area contributed by atoms with Gasteiger partial charge in [0.15, 0.2) is 11.0 Å². The summed E-state index contributed by atoms with van der Waals surface area (Å²) in [6.07, 6.45) is 3.47. The number of amides is 1. The number of rotatable bonds is 7. The van der Waals surface area contributed by atoms with Gasteiger partial charge in [-0.15, -0.1) is 21.5 Å². The molecule has 8 heteroatoms. The van der Waals surface area contributed by atoms with Crippen LogP contribution in [0.2, 0.25) is 0 Å². The molecule has 30 heavy (non-hydrogen) atoms. The summed E-state index contributed by atoms with van der Waals surface area (Å²) in [5.41, 5.74) is 3.01. The second-order valence-electron chi connectivity index (χ2n) is 6.76. The van der Waals surface area contributed by atoms with E-state index in [4.69, 9.17) is 0 Å². The maximum absolute atomic E-state index is 12.5. The fourth-order valence-corrected chi connectivity index (χ4v) is 4.60. The highest BCUT2D eigenvalue weighted by atomic mass is 32.2. The van der Waals surface area contributed by atoms with E-state index < -0.39 is 0 Å². The summed E-state index contributed by atoms with van der Waals surface area (Å²) in [5.74, 6) is 0.947. The third-order valence-corrected chi connectivity index (χ3v) is 6.59. The van der Waals surface area contributed by atoms with Crippen LogP contribution in [0.3, 0.4) is 0 Å². The highest BCUT2D eigenvalue weighted by molar-refractivity contribution is 7.99. The number of hydrogen-bond acceptors (Lipinski definition) is 6. The van der Waals surface area contributed by atoms with Crippen LogP contribution in [0.25, 0.3) is 17.1 Å². The number of para-hydroxylation sites is 1. The van der Waals surface area contributed by atoms with E-state index in [1.807, 2.05) is 59.3 Å². The molecule has 0 aliphatic rings. The molecule has 0 fully saturated rings. The second kappa shape index (κ2) is 9.23. The Bertz CT molecular complexity index is 1130. The number of pyridine rings is 1. The fraction of sp³-hybridized carbons (Fsp3) is 0.182. The molecule has 0 saturated heterocycles. The highest BCUT2D eigenvalue weighted by Crippen LogP contribution is 2.29. The molecule has 0 radical (unpaired) electrons. The molecule has 3 heterocycles. The summed E-state index contributed by atoms with van der Waals surface area (Å²) < 4.78 is 2.01. The third-order valence-electron chi connectivity index (χ3n) is 4.61. The van der Waals surface area contributed by atoms with E-state index in [1.165, 1.54) is 11.8 Å². The zero-order valence-electron chi connectivity index (χ0n) is 16.6. The topological polar surface area (TPSA) is 72.7 Å². The predicted octanol–water partition coefficient (Wildman–Crippen LogP) is 4.67. The Morgan fingerprint density at radius 1 is 1.13 bits per heavy atom. The lowest BCUT2D eigenvalue weighted by molar-refractivity contribution is -0.119. The first-order valence-corrected chi connectivity index (χ1v) is 11.4. The SMILES string of the molecule is Cc1ccccc1-n1c(SCC(=O)NC(C)c2cccs2)nnc1-c1ccncc1. The molecule has 0 aliphatic carbocycles. The molecule has 0 aliphatic heterocycles. The average molecular weight is 436 g/mol. The van der Waals surface area contributed by atoms with Crippen molar-refractivity contribution in [2.75, 3.05) is 5.75 Å². The number of nitrogens with one attached hydrogen (secondary N) is 1. The maximum Gasteiger partial charge on any atom is 0.230 e. The molecular weight excluding hydrogens is 414 g/mol. The molecule has 1 amide bonds. The van der Waals surface area contributed by atoms with E-state index in [9.17, 15) is 4.79 Å². The minimum atomic E-state index is -0.0364. The number of aryl methyl sites for hydroxylation is 1. The van der Waals surface area contributed by atoms with Gasteiger partial charge in [-0.2, -0.15) is 0 Å². The number of benzene rings is 1. The molecule has 1 N–H and O–H groups in total. The number of carbonyl (C=O) groups excluding carboxylic acids is 1. The predicted molar refractivity (Wildman–Crippen MR) is 121 cm³/mol. The normalized spacial score (nSPS) is 11.9. The minimum absolute atomic E-state index is 0.0142. The summed E-state index contributed by atoms with van der Waals surface area (Å²) in [6, 6.07) is 15.9. The molecule has 1 unspecified atom stereocenters. The first-order chi connectivity index (χ1) is 14.6. The van der Waals surface area contributed by atoms with Crippen LogP contribution in [0.4, 0.5) is 0 Å². The van der Waals surface area contributed by atoms with Crippen molar-refractivity contribution in [1.29, 1.82) is 0 Å². The van der Waals surface area contributed by atoms with E-state index >= 15 is 0 Å². The minimum Gasteiger partial charge on any atom is -0.348 e. The number of aromatic nitrogens is 4. The van der Waals surface area contributed by atoms with Crippen molar-refractivity contribution in [3.63, 3.8) is 0 Å². The monoisotopic (exact) mass is 435 g/mol. The molecule has 6 nitrogen and oxygen atoms in total. The number of hydrogen-bond donors (Lipinski definition) is 1. The molecule has 4 aromatic rings. The van der Waals surface area contributed by atoms with Crippen molar-refractivity contribution in [3.8, 4) is 17.1 Å². The van der Waals surface area contributed by atoms with Gasteiger partial charge >= 0.3 is 0 Å². The van der Waals surface area contributed by atoms with Crippen LogP contribution in [0.5, 0.6) is 0 Å². The van der Waals surface area contributed by atoms with Crippen molar-refractivity contribution >= 4 is 29.0 Å². The molecule has 152 valence electrons. The number of nitrogens with zero attached hydrogens (tertiary/aromatic N) is 4. The van der Waals surface area contributed by atoms with Gasteiger partial charge in [-0.1, -0.05) is 36.0 Å². The largest absolute Gasteiger partial charge is 0.348 e. The van der Waals surface area contributed by atoms with Gasteiger partial charge in [-0.05, 0) is 49.1 Å². The molecule has 4 rings (SSSR count). The Balaban J connectivity index is 1.58. The van der Waals surface area contributed by atoms with Crippen molar-refractivity contribution < 1.29 is 4.79 Å². The van der Waals surface area contributed by atoms with Crippen molar-refractivity contribution in [3.05, 3.63) is 76.7 Å². The van der Waals surface area contributed by atoms with E-state index in [-0.39, 0.29) is 17.7 Å². The van der Waals surface area contributed by atoms with Crippen LogP contribution in [0.1, 0.15) is 23.4 Å². The second-order valence-corrected chi connectivity index (χ2v) is 8.68. The number of thiophene rings is 1. The first kappa shape index (κ1) is 20.3. The zero-order chi connectivity index (χ0) is 20.9. The lowest BCUT2D eigenvalue weighted by Crippen LogP contribution is -2.27. The van der Waals surface area contributed by atoms with Gasteiger partial charge in [0.05, 0.1) is 17.5 Å². The highest BCUT2D eigenvalue weighted by Gasteiger charge is 2.19. The summed E-state index contributed by atoms with van der Waals surface area (Å²) in [7, 11) is 0. The van der Waals surface area contributed by atoms with Gasteiger partial charge < -0.3 is 5.32 Å². The van der Waals surface area contributed by atoms with Crippen molar-refractivity contribution in [2.45, 2.75) is 25.0 Å². The standard InChI is InChI=1S/C22H21N5OS2/c1-15-6-3-4-7-18(15)27-21(17-9-11-23-12-10-17)25-26-22(27)30-14-20(28)24-16(2)19-8-5-13-29-19/h3-13,16H,14H2,1-2H3,(H,24,28). The fourth-order valence-electron chi connectivity index (χ4n) is 3.10. The Hall–Kier alpha value is -2.97. The van der Waals surface area contributed by atoms with E-state index in [0.29, 0.717) is 5.16 Å². The van der Waals surface area contributed by atoms with Gasteiger partial charge in [-0.3, -0.25) is 14.3 Å². The molecule has 3 aromatic heterocycles. The molecule has 1 atom stereocenters. The lowest BCUT2D eigenvalue weighted by atomic mass is 10.2. The van der Waals surface area contributed by atoms with Crippen LogP contribution in [0.15, 0.2) is 71.5 Å². The third kappa shape index (κ3) is 4.44. The van der Waals surface area contributed by atoms with Gasteiger partial charge in [0.2, 0.25) is 5.91 Å². The average Bonchev–Trinajstić information content (AvgIpc) is 3.44. The first-order valence-electron chi connectivity index (χ1n) is 9.51. The zero-order valence-corrected chi connectivity index (χ0v) is 18.3. The summed E-state index contributed by atoms with van der Waals surface area (Å²) >= 11 is 3.02. The molecule has 1 aromatic carbocycles. The Labute approximate surface area is 183 Å². The van der Waals surface area contributed by atoms with Gasteiger partial charge in [0, 0.05) is 22.8 Å². The summed E-state index contributed by atoms with van der Waals surface area (Å²) in [5, 5.41) is 14.5. The molecule has 0 saturated carbocycles. The van der Waals surface area contributed by atoms with Crippen molar-refractivity contribution in [2.24, 2.45) is 0 Å². The maximum atomic E-state index is 12.5. The summed E-state index contributed by atoms with van der Waals surface area (Å²) in [6.45, 7) is 4.04.